The molecule has 1 heterocycles. The fourth-order valence-electron chi connectivity index (χ4n) is 0.241. The van der Waals surface area contributed by atoms with Gasteiger partial charge in [0, 0.05) is 0 Å². The predicted octanol–water partition coefficient (Wildman–Crippen LogP) is 0.207. The Morgan fingerprint density at radius 2 is 2.80 bits per heavy atom. The molecule has 1 nitrogen and oxygen atoms in total. The molecule has 0 aliphatic carbocycles. The van der Waals surface area contributed by atoms with Crippen LogP contribution < -0.4 is 0 Å². The van der Waals surface area contributed by atoms with Crippen LogP contribution >= 0.6 is 0 Å². The van der Waals surface area contributed by atoms with E-state index < -0.39 is 0 Å². The third-order valence-corrected chi connectivity index (χ3v) is 1.13. The van der Waals surface area contributed by atoms with Crippen LogP contribution in [0.15, 0.2) is 0 Å². The molecule has 0 unspecified atom stereocenters. The second-order valence-corrected chi connectivity index (χ2v) is 1.64. The van der Waals surface area contributed by atoms with Gasteiger partial charge in [0.15, 0.2) is 0 Å². The first kappa shape index (κ1) is 3.25. The largest absolute Gasteiger partial charge is 0.381 e. The fraction of sp³-hybridized carbons (Fsp3) is 0.667. The summed E-state index contributed by atoms with van der Waals surface area (Å²) in [6, 6.07) is 0. The molecule has 0 radical (unpaired) electrons. The first-order chi connectivity index (χ1) is 2.50. The van der Waals surface area contributed by atoms with E-state index in [0.29, 0.717) is 0 Å². The Balaban J connectivity index is 2.32. The van der Waals surface area contributed by atoms with Crippen molar-refractivity contribution in [2.75, 3.05) is 6.61 Å². The van der Waals surface area contributed by atoms with E-state index >= 15 is 0 Å². The molecule has 0 aromatic rings. The van der Waals surface area contributed by atoms with E-state index in [2.05, 4.69) is 5.37 Å². The Bertz CT molecular complexity index is 44.9. The van der Waals surface area contributed by atoms with Crippen molar-refractivity contribution in [2.45, 2.75) is 6.42 Å². The molecule has 0 amide bonds. The molecule has 0 aromatic carbocycles. The van der Waals surface area contributed by atoms with Gasteiger partial charge in [-0.05, 0) is 0 Å². The molecule has 1 rings (SSSR count). The summed E-state index contributed by atoms with van der Waals surface area (Å²) in [4.78, 5) is 0. The van der Waals surface area contributed by atoms with E-state index in [-0.39, 0.29) is 0 Å². The summed E-state index contributed by atoms with van der Waals surface area (Å²) in [6.07, 6.45) is 1.12. The van der Waals surface area contributed by atoms with E-state index in [1.807, 2.05) is 0 Å². The molecule has 0 aromatic heterocycles. The van der Waals surface area contributed by atoms with Gasteiger partial charge in [-0.3, -0.25) is 0 Å². The van der Waals surface area contributed by atoms with Gasteiger partial charge in [0.25, 0.3) is 0 Å². The van der Waals surface area contributed by atoms with Crippen LogP contribution in [-0.2, 0) is 15.8 Å². The lowest BCUT2D eigenvalue weighted by atomic mass is 10.5. The van der Waals surface area contributed by atoms with Crippen LogP contribution in [0, 0.1) is 0 Å². The highest BCUT2D eigenvalue weighted by molar-refractivity contribution is 7.72. The normalized spacial score (nSPS) is 20.8. The van der Waals surface area contributed by atoms with Crippen LogP contribution in [0.3, 0.4) is 0 Å². The molecule has 0 saturated carbocycles. The van der Waals surface area contributed by atoms with Gasteiger partial charge in [-0.15, -0.1) is 4.18 Å². The van der Waals surface area contributed by atoms with Gasteiger partial charge in [0.2, 0.25) is 5.37 Å². The summed E-state index contributed by atoms with van der Waals surface area (Å²) in [5.74, 6) is 0. The highest BCUT2D eigenvalue weighted by Gasteiger charge is 2.02. The lowest BCUT2D eigenvalue weighted by molar-refractivity contribution is 0.403. The molecule has 0 bridgehead atoms. The van der Waals surface area contributed by atoms with Crippen LogP contribution in [0.1, 0.15) is 6.42 Å². The Hall–Kier alpha value is 0.0500. The number of hydrogen-bond donors (Lipinski definition) is 0. The van der Waals surface area contributed by atoms with Gasteiger partial charge < -0.3 is 0 Å². The number of hydrogen-bond acceptors (Lipinski definition) is 1. The smallest absolute Gasteiger partial charge is 0.104 e. The van der Waals surface area contributed by atoms with Gasteiger partial charge in [-0.1, -0.05) is 0 Å². The Kier molecular flexibility index (Phi) is 0.960. The topological polar surface area (TPSA) is 9.23 Å². The minimum Gasteiger partial charge on any atom is -0.104 e. The molecule has 1 aliphatic heterocycles. The molecule has 0 fully saturated rings. The van der Waals surface area contributed by atoms with Gasteiger partial charge in [0.05, 0.1) is 6.42 Å². The van der Waals surface area contributed by atoms with E-state index in [0.717, 1.165) is 13.0 Å². The SMILES string of the molecule is C1=[S+]OCC1. The van der Waals surface area contributed by atoms with Crippen molar-refractivity contribution < 1.29 is 4.18 Å². The molecule has 0 atom stereocenters. The van der Waals surface area contributed by atoms with Crippen molar-refractivity contribution >= 4 is 17.0 Å². The minimum atomic E-state index is 0.907. The standard InChI is InChI=1S/C3H5OS/c1-2-4-5-3-1/h3H,1-2H2/q+1. The highest BCUT2D eigenvalue weighted by atomic mass is 32.2. The van der Waals surface area contributed by atoms with Gasteiger partial charge in [-0.2, -0.15) is 0 Å². The van der Waals surface area contributed by atoms with Crippen molar-refractivity contribution in [1.29, 1.82) is 0 Å². The number of rotatable bonds is 0. The van der Waals surface area contributed by atoms with Crippen molar-refractivity contribution in [1.82, 2.24) is 0 Å². The molecule has 28 valence electrons. The van der Waals surface area contributed by atoms with Crippen molar-refractivity contribution in [3.63, 3.8) is 0 Å². The average molecular weight is 89.1 g/mol. The van der Waals surface area contributed by atoms with E-state index in [4.69, 9.17) is 4.18 Å². The molecule has 1 aliphatic rings. The maximum Gasteiger partial charge on any atom is 0.381 e. The quantitative estimate of drug-likeness (QED) is 0.234. The Labute approximate surface area is 35.1 Å². The zero-order chi connectivity index (χ0) is 3.54. The molecule has 5 heavy (non-hydrogen) atoms. The van der Waals surface area contributed by atoms with Crippen LogP contribution in [0.5, 0.6) is 0 Å². The summed E-state index contributed by atoms with van der Waals surface area (Å²) in [5.41, 5.74) is 0. The van der Waals surface area contributed by atoms with E-state index in [1.165, 1.54) is 11.6 Å². The van der Waals surface area contributed by atoms with Crippen molar-refractivity contribution in [3.8, 4) is 0 Å². The molecule has 0 spiro atoms. The average Bonchev–Trinajstić information content (AvgIpc) is 1.76. The van der Waals surface area contributed by atoms with Crippen molar-refractivity contribution in [2.24, 2.45) is 0 Å². The monoisotopic (exact) mass is 89.0 g/mol. The van der Waals surface area contributed by atoms with Gasteiger partial charge in [-0.25, -0.2) is 0 Å². The fourth-order valence-corrected chi connectivity index (χ4v) is 0.722. The lowest BCUT2D eigenvalue weighted by Gasteiger charge is -1.59. The van der Waals surface area contributed by atoms with Crippen LogP contribution in [0.4, 0.5) is 0 Å². The minimum absolute atomic E-state index is 0.907. The van der Waals surface area contributed by atoms with Crippen LogP contribution in [0.25, 0.3) is 0 Å². The lowest BCUT2D eigenvalue weighted by Crippen LogP contribution is -1.72. The summed E-state index contributed by atoms with van der Waals surface area (Å²) in [6.45, 7) is 0.907. The third-order valence-electron chi connectivity index (χ3n) is 0.455. The zero-order valence-electron chi connectivity index (χ0n) is 2.81. The summed E-state index contributed by atoms with van der Waals surface area (Å²) in [7, 11) is 0. The van der Waals surface area contributed by atoms with Crippen molar-refractivity contribution in [3.05, 3.63) is 0 Å². The Morgan fingerprint density at radius 1 is 1.80 bits per heavy atom. The maximum absolute atomic E-state index is 4.81. The highest BCUT2D eigenvalue weighted by Crippen LogP contribution is 1.83. The van der Waals surface area contributed by atoms with Gasteiger partial charge in [0.1, 0.15) is 6.61 Å². The van der Waals surface area contributed by atoms with Crippen LogP contribution in [0.2, 0.25) is 0 Å². The summed E-state index contributed by atoms with van der Waals surface area (Å²) in [5, 5.41) is 2.06. The van der Waals surface area contributed by atoms with Gasteiger partial charge >= 0.3 is 11.6 Å². The summed E-state index contributed by atoms with van der Waals surface area (Å²) >= 11 is 1.45. The molecular formula is C3H5OS+. The second-order valence-electron chi connectivity index (χ2n) is 0.874. The maximum atomic E-state index is 4.81. The van der Waals surface area contributed by atoms with E-state index in [9.17, 15) is 0 Å². The van der Waals surface area contributed by atoms with Crippen LogP contribution in [-0.4, -0.2) is 12.0 Å². The molecule has 2 heteroatoms. The third kappa shape index (κ3) is 0.667. The second kappa shape index (κ2) is 1.48. The molecule has 0 saturated heterocycles. The first-order valence-electron chi connectivity index (χ1n) is 1.60. The Morgan fingerprint density at radius 3 is 3.00 bits per heavy atom. The molecular weight excluding hydrogens is 84.1 g/mol. The van der Waals surface area contributed by atoms with E-state index in [1.54, 1.807) is 0 Å². The predicted molar refractivity (Wildman–Crippen MR) is 24.0 cm³/mol. The molecule has 0 N–H and O–H groups in total. The first-order valence-corrected chi connectivity index (χ1v) is 2.40. The zero-order valence-corrected chi connectivity index (χ0v) is 3.62. The summed E-state index contributed by atoms with van der Waals surface area (Å²) < 4.78 is 4.81.